The van der Waals surface area contributed by atoms with Gasteiger partial charge in [0, 0.05) is 18.0 Å². The van der Waals surface area contributed by atoms with Crippen molar-refractivity contribution in [2.45, 2.75) is 76.0 Å². The fourth-order valence-electron chi connectivity index (χ4n) is 5.37. The van der Waals surface area contributed by atoms with Crippen LogP contribution in [0.3, 0.4) is 0 Å². The van der Waals surface area contributed by atoms with E-state index in [0.717, 1.165) is 38.5 Å². The lowest BCUT2D eigenvalue weighted by atomic mass is 9.85. The predicted octanol–water partition coefficient (Wildman–Crippen LogP) is 4.68. The highest BCUT2D eigenvalue weighted by Crippen LogP contribution is 2.37. The number of nitrogens with zero attached hydrogens (tertiary/aromatic N) is 4. The van der Waals surface area contributed by atoms with Crippen molar-refractivity contribution in [1.82, 2.24) is 19.5 Å². The zero-order valence-electron chi connectivity index (χ0n) is 20.0. The highest BCUT2D eigenvalue weighted by molar-refractivity contribution is 6.33. The number of nitrogens with one attached hydrogen (secondary N) is 2. The topological polar surface area (TPSA) is 131 Å². The van der Waals surface area contributed by atoms with Crippen LogP contribution >= 0.6 is 11.6 Å². The Bertz CT molecular complexity index is 1240. The largest absolute Gasteiger partial charge is 0.393 e. The van der Waals surface area contributed by atoms with Crippen molar-refractivity contribution in [3.63, 3.8) is 0 Å². The number of benzene rings is 1. The Morgan fingerprint density at radius 2 is 1.92 bits per heavy atom. The smallest absolute Gasteiger partial charge is 0.224 e. The molecule has 1 aromatic carbocycles. The molecule has 2 aliphatic rings. The van der Waals surface area contributed by atoms with Gasteiger partial charge < -0.3 is 21.5 Å². The number of amides is 1. The number of halogens is 2. The van der Waals surface area contributed by atoms with Gasteiger partial charge in [-0.3, -0.25) is 9.36 Å². The zero-order chi connectivity index (χ0) is 25.2. The maximum atomic E-state index is 13.6. The van der Waals surface area contributed by atoms with Crippen molar-refractivity contribution in [1.29, 1.82) is 0 Å². The molecule has 2 atom stereocenters. The van der Waals surface area contributed by atoms with Gasteiger partial charge in [0.1, 0.15) is 11.3 Å². The molecule has 11 heteroatoms. The maximum absolute atomic E-state index is 13.6. The second kappa shape index (κ2) is 10.6. The third kappa shape index (κ3) is 5.39. The van der Waals surface area contributed by atoms with Crippen molar-refractivity contribution < 1.29 is 14.3 Å². The van der Waals surface area contributed by atoms with Gasteiger partial charge in [-0.05, 0) is 63.1 Å². The van der Waals surface area contributed by atoms with Gasteiger partial charge in [-0.2, -0.15) is 4.98 Å². The second-order valence-corrected chi connectivity index (χ2v) is 10.3. The number of carbonyl (C=O) groups is 1. The summed E-state index contributed by atoms with van der Waals surface area (Å²) in [5.41, 5.74) is 7.34. The molecule has 2 fully saturated rings. The third-order valence-corrected chi connectivity index (χ3v) is 7.62. The highest BCUT2D eigenvalue weighted by Gasteiger charge is 2.29. The number of nitrogens with two attached hydrogens (primary N) is 1. The molecule has 2 aliphatic carbocycles. The summed E-state index contributed by atoms with van der Waals surface area (Å²) in [7, 11) is 0. The van der Waals surface area contributed by atoms with Crippen LogP contribution in [0.4, 0.5) is 22.0 Å². The average Bonchev–Trinajstić information content (AvgIpc) is 3.07. The van der Waals surface area contributed by atoms with Gasteiger partial charge in [-0.15, -0.1) is 0 Å². The Kier molecular flexibility index (Phi) is 7.25. The number of aliphatic hydroxyl groups excluding tert-OH is 1. The monoisotopic (exact) mass is 515 g/mol. The lowest BCUT2D eigenvalue weighted by molar-refractivity contribution is -0.122. The minimum absolute atomic E-state index is 0.0368. The van der Waals surface area contributed by atoms with E-state index in [-0.39, 0.29) is 35.0 Å². The van der Waals surface area contributed by atoms with E-state index in [2.05, 4.69) is 15.6 Å². The summed E-state index contributed by atoms with van der Waals surface area (Å²) in [6.45, 7) is 0. The molecule has 5 rings (SSSR count). The number of imidazole rings is 1. The summed E-state index contributed by atoms with van der Waals surface area (Å²) in [6, 6.07) is 4.29. The van der Waals surface area contributed by atoms with Crippen LogP contribution in [0.15, 0.2) is 24.4 Å². The molecule has 36 heavy (non-hydrogen) atoms. The molecule has 2 aromatic heterocycles. The molecule has 1 amide bonds. The van der Waals surface area contributed by atoms with Gasteiger partial charge in [0.15, 0.2) is 5.65 Å². The summed E-state index contributed by atoms with van der Waals surface area (Å²) in [5, 5.41) is 17.1. The lowest BCUT2D eigenvalue weighted by Gasteiger charge is -2.29. The molecule has 2 saturated carbocycles. The Balaban J connectivity index is 1.49. The molecule has 2 heterocycles. The van der Waals surface area contributed by atoms with Crippen LogP contribution in [0.2, 0.25) is 5.02 Å². The van der Waals surface area contributed by atoms with E-state index in [4.69, 9.17) is 27.3 Å². The minimum atomic E-state index is -0.422. The fraction of sp³-hybridized carbons (Fsp3) is 0.520. The van der Waals surface area contributed by atoms with Gasteiger partial charge in [0.05, 0.1) is 23.0 Å². The first-order chi connectivity index (χ1) is 17.4. The summed E-state index contributed by atoms with van der Waals surface area (Å²) < 4.78 is 15.6. The fourth-order valence-corrected chi connectivity index (χ4v) is 5.59. The normalized spacial score (nSPS) is 24.9. The molecular weight excluding hydrogens is 485 g/mol. The first-order valence-electron chi connectivity index (χ1n) is 12.6. The van der Waals surface area contributed by atoms with E-state index in [1.165, 1.54) is 12.1 Å². The number of hydrogen-bond acceptors (Lipinski definition) is 7. The Hall–Kier alpha value is -2.98. The molecule has 0 unspecified atom stereocenters. The summed E-state index contributed by atoms with van der Waals surface area (Å²) in [6.07, 6.45) is 8.71. The lowest BCUT2D eigenvalue weighted by Crippen LogP contribution is -2.29. The van der Waals surface area contributed by atoms with Crippen LogP contribution in [0, 0.1) is 11.7 Å². The number of hydrogen-bond donors (Lipinski definition) is 4. The SMILES string of the molecule is NC(=O)C1CCC(n2c(Nc3ccc(F)cc3Cl)nc3cnc(N[C@H]4CCCC[C@H](O)C4)nc32)CC1. The number of rotatable bonds is 6. The maximum Gasteiger partial charge on any atom is 0.224 e. The van der Waals surface area contributed by atoms with Gasteiger partial charge in [0.25, 0.3) is 0 Å². The van der Waals surface area contributed by atoms with E-state index in [1.807, 2.05) is 4.57 Å². The van der Waals surface area contributed by atoms with Crippen molar-refractivity contribution in [3.8, 4) is 0 Å². The summed E-state index contributed by atoms with van der Waals surface area (Å²) >= 11 is 6.28. The molecule has 0 saturated heterocycles. The number of carbonyl (C=O) groups excluding carboxylic acids is 1. The molecule has 5 N–H and O–H groups in total. The quantitative estimate of drug-likeness (QED) is 0.350. The number of fused-ring (bicyclic) bond motifs is 1. The van der Waals surface area contributed by atoms with E-state index in [0.29, 0.717) is 48.0 Å². The Labute approximate surface area is 213 Å². The standard InChI is InChI=1S/C25H31ClFN7O2/c26-19-11-15(27)7-10-20(19)31-25-32-21-13-29-24(30-16-3-1-2-4-18(35)12-16)33-23(21)34(25)17-8-5-14(6-9-17)22(28)36/h7,10-11,13-14,16-18,35H,1-6,8-9,12H2,(H2,28,36)(H,31,32)(H,29,30,33)/t14?,16-,17?,18-/m0/s1. The summed E-state index contributed by atoms with van der Waals surface area (Å²) in [4.78, 5) is 25.8. The van der Waals surface area contributed by atoms with Crippen molar-refractivity contribution in [2.75, 3.05) is 10.6 Å². The number of primary amides is 1. The van der Waals surface area contributed by atoms with Crippen LogP contribution in [0.5, 0.6) is 0 Å². The predicted molar refractivity (Wildman–Crippen MR) is 137 cm³/mol. The number of anilines is 3. The van der Waals surface area contributed by atoms with E-state index in [9.17, 15) is 14.3 Å². The zero-order valence-corrected chi connectivity index (χ0v) is 20.7. The van der Waals surface area contributed by atoms with Gasteiger partial charge in [-0.25, -0.2) is 14.4 Å². The molecule has 9 nitrogen and oxygen atoms in total. The highest BCUT2D eigenvalue weighted by atomic mass is 35.5. The molecule has 0 aliphatic heterocycles. The van der Waals surface area contributed by atoms with Crippen molar-refractivity contribution in [3.05, 3.63) is 35.2 Å². The van der Waals surface area contributed by atoms with Gasteiger partial charge in [-0.1, -0.05) is 24.4 Å². The van der Waals surface area contributed by atoms with Gasteiger partial charge >= 0.3 is 0 Å². The van der Waals surface area contributed by atoms with Crippen LogP contribution in [0.1, 0.15) is 63.8 Å². The summed E-state index contributed by atoms with van der Waals surface area (Å²) in [5.74, 6) is 0.193. The van der Waals surface area contributed by atoms with E-state index >= 15 is 0 Å². The molecule has 0 spiro atoms. The minimum Gasteiger partial charge on any atom is -0.393 e. The first-order valence-corrected chi connectivity index (χ1v) is 13.0. The Morgan fingerprint density at radius 1 is 1.14 bits per heavy atom. The molecule has 0 bridgehead atoms. The molecule has 0 radical (unpaired) electrons. The number of aromatic nitrogens is 4. The van der Waals surface area contributed by atoms with Crippen molar-refractivity contribution in [2.24, 2.45) is 11.7 Å². The molecule has 3 aromatic rings. The van der Waals surface area contributed by atoms with Crippen LogP contribution < -0.4 is 16.4 Å². The first kappa shape index (κ1) is 24.7. The van der Waals surface area contributed by atoms with Gasteiger partial charge in [0.2, 0.25) is 17.8 Å². The Morgan fingerprint density at radius 3 is 2.67 bits per heavy atom. The molecule has 192 valence electrons. The van der Waals surface area contributed by atoms with Crippen LogP contribution in [-0.2, 0) is 4.79 Å². The number of aliphatic hydroxyl groups is 1. The van der Waals surface area contributed by atoms with E-state index in [1.54, 1.807) is 12.3 Å². The van der Waals surface area contributed by atoms with Crippen LogP contribution in [-0.4, -0.2) is 42.7 Å². The third-order valence-electron chi connectivity index (χ3n) is 7.30. The van der Waals surface area contributed by atoms with Crippen LogP contribution in [0.25, 0.3) is 11.2 Å². The molecular formula is C25H31ClFN7O2. The van der Waals surface area contributed by atoms with Crippen molar-refractivity contribution >= 4 is 46.3 Å². The second-order valence-electron chi connectivity index (χ2n) is 9.88. The average molecular weight is 516 g/mol. The van der Waals surface area contributed by atoms with E-state index < -0.39 is 5.82 Å².